The fraction of sp³-hybridized carbons (Fsp3) is 0.667. The van der Waals surface area contributed by atoms with E-state index >= 15 is 0 Å². The van der Waals surface area contributed by atoms with E-state index in [4.69, 9.17) is 9.47 Å². The van der Waals surface area contributed by atoms with Gasteiger partial charge in [-0.1, -0.05) is 30.3 Å². The molecule has 1 unspecified atom stereocenters. The SMILES string of the molecule is CCOC(=O)N1CCC(N2CC(=O)N(Cc3ccccc3)CC(OCC3CC3)C2)CC1. The van der Waals surface area contributed by atoms with Crippen LogP contribution in [-0.2, 0) is 20.8 Å². The molecule has 0 bridgehead atoms. The number of likely N-dealkylation sites (tertiary alicyclic amines) is 1. The van der Waals surface area contributed by atoms with Crippen LogP contribution >= 0.6 is 0 Å². The number of benzene rings is 1. The van der Waals surface area contributed by atoms with Crippen LogP contribution in [0.1, 0.15) is 38.2 Å². The molecule has 7 nitrogen and oxygen atoms in total. The summed E-state index contributed by atoms with van der Waals surface area (Å²) in [5, 5.41) is 0. The summed E-state index contributed by atoms with van der Waals surface area (Å²) in [5.74, 6) is 0.858. The predicted octanol–water partition coefficient (Wildman–Crippen LogP) is 2.75. The molecule has 0 spiro atoms. The molecule has 2 amide bonds. The lowest BCUT2D eigenvalue weighted by Crippen LogP contribution is -2.49. The summed E-state index contributed by atoms with van der Waals surface area (Å²) in [4.78, 5) is 31.2. The van der Waals surface area contributed by atoms with Gasteiger partial charge in [-0.2, -0.15) is 0 Å². The molecule has 1 aromatic rings. The number of rotatable bonds is 7. The summed E-state index contributed by atoms with van der Waals surface area (Å²) >= 11 is 0. The van der Waals surface area contributed by atoms with Crippen LogP contribution in [0.2, 0.25) is 0 Å². The number of carbonyl (C=O) groups is 2. The number of ether oxygens (including phenoxy) is 2. The van der Waals surface area contributed by atoms with Crippen molar-refractivity contribution in [1.82, 2.24) is 14.7 Å². The normalized spacial score (nSPS) is 23.6. The molecule has 0 N–H and O–H groups in total. The van der Waals surface area contributed by atoms with Gasteiger partial charge in [0, 0.05) is 45.4 Å². The van der Waals surface area contributed by atoms with E-state index in [1.807, 2.05) is 30.0 Å². The molecule has 1 saturated carbocycles. The number of carbonyl (C=O) groups excluding carboxylic acids is 2. The first kappa shape index (κ1) is 22.1. The average molecular weight is 430 g/mol. The topological polar surface area (TPSA) is 62.3 Å². The standard InChI is InChI=1S/C24H35N3O4/c1-2-30-24(29)25-12-10-21(11-13-25)26-15-22(31-18-20-8-9-20)16-27(23(28)17-26)14-19-6-4-3-5-7-19/h3-7,20-22H,2,8-18H2,1H3. The van der Waals surface area contributed by atoms with E-state index in [-0.39, 0.29) is 18.1 Å². The summed E-state index contributed by atoms with van der Waals surface area (Å²) in [6, 6.07) is 10.5. The number of amides is 2. The highest BCUT2D eigenvalue weighted by Crippen LogP contribution is 2.30. The van der Waals surface area contributed by atoms with Crippen LogP contribution in [0, 0.1) is 5.92 Å². The van der Waals surface area contributed by atoms with E-state index in [2.05, 4.69) is 17.0 Å². The second-order valence-corrected chi connectivity index (χ2v) is 9.01. The third-order valence-corrected chi connectivity index (χ3v) is 6.54. The Bertz CT molecular complexity index is 732. The molecule has 2 saturated heterocycles. The van der Waals surface area contributed by atoms with Gasteiger partial charge < -0.3 is 19.3 Å². The molecular weight excluding hydrogens is 394 g/mol. The summed E-state index contributed by atoms with van der Waals surface area (Å²) < 4.78 is 11.4. The maximum atomic E-state index is 13.2. The molecular formula is C24H35N3O4. The molecule has 1 atom stereocenters. The van der Waals surface area contributed by atoms with Gasteiger partial charge in [0.15, 0.2) is 0 Å². The van der Waals surface area contributed by atoms with Gasteiger partial charge >= 0.3 is 6.09 Å². The monoisotopic (exact) mass is 429 g/mol. The molecule has 0 aromatic heterocycles. The second kappa shape index (κ2) is 10.5. The van der Waals surface area contributed by atoms with E-state index < -0.39 is 0 Å². The Morgan fingerprint density at radius 1 is 1.06 bits per heavy atom. The number of hydrogen-bond acceptors (Lipinski definition) is 5. The summed E-state index contributed by atoms with van der Waals surface area (Å²) in [6.45, 7) is 6.83. The van der Waals surface area contributed by atoms with Gasteiger partial charge in [0.25, 0.3) is 0 Å². The Hall–Kier alpha value is -2.12. The van der Waals surface area contributed by atoms with E-state index in [0.717, 1.165) is 31.6 Å². The number of hydrogen-bond donors (Lipinski definition) is 0. The Labute approximate surface area is 185 Å². The summed E-state index contributed by atoms with van der Waals surface area (Å²) in [6.07, 6.45) is 4.04. The Morgan fingerprint density at radius 2 is 1.81 bits per heavy atom. The predicted molar refractivity (Wildman–Crippen MR) is 118 cm³/mol. The minimum Gasteiger partial charge on any atom is -0.450 e. The highest BCUT2D eigenvalue weighted by atomic mass is 16.6. The van der Waals surface area contributed by atoms with Crippen molar-refractivity contribution in [2.24, 2.45) is 5.92 Å². The Balaban J connectivity index is 1.39. The van der Waals surface area contributed by atoms with Crippen molar-refractivity contribution < 1.29 is 19.1 Å². The fourth-order valence-electron chi connectivity index (χ4n) is 4.53. The molecule has 0 radical (unpaired) electrons. The van der Waals surface area contributed by atoms with Gasteiger partial charge in [0.1, 0.15) is 0 Å². The van der Waals surface area contributed by atoms with E-state index in [9.17, 15) is 9.59 Å². The van der Waals surface area contributed by atoms with Crippen molar-refractivity contribution in [1.29, 1.82) is 0 Å². The molecule has 4 rings (SSSR count). The third kappa shape index (κ3) is 6.20. The first-order valence-corrected chi connectivity index (χ1v) is 11.7. The minimum absolute atomic E-state index is 0.0267. The Morgan fingerprint density at radius 3 is 2.48 bits per heavy atom. The molecule has 1 aromatic carbocycles. The third-order valence-electron chi connectivity index (χ3n) is 6.54. The van der Waals surface area contributed by atoms with Gasteiger partial charge in [0.2, 0.25) is 5.91 Å². The van der Waals surface area contributed by atoms with Gasteiger partial charge in [-0.25, -0.2) is 4.79 Å². The second-order valence-electron chi connectivity index (χ2n) is 9.01. The van der Waals surface area contributed by atoms with Crippen molar-refractivity contribution in [3.63, 3.8) is 0 Å². The van der Waals surface area contributed by atoms with Gasteiger partial charge in [-0.15, -0.1) is 0 Å². The zero-order chi connectivity index (χ0) is 21.6. The van der Waals surface area contributed by atoms with Crippen LogP contribution in [0.5, 0.6) is 0 Å². The number of nitrogens with zero attached hydrogens (tertiary/aromatic N) is 3. The van der Waals surface area contributed by atoms with Crippen molar-refractivity contribution in [2.75, 3.05) is 45.9 Å². The quantitative estimate of drug-likeness (QED) is 0.667. The van der Waals surface area contributed by atoms with Crippen LogP contribution in [0.3, 0.4) is 0 Å². The van der Waals surface area contributed by atoms with Crippen LogP contribution in [0.4, 0.5) is 4.79 Å². The van der Waals surface area contributed by atoms with Crippen molar-refractivity contribution in [2.45, 2.75) is 51.3 Å². The summed E-state index contributed by atoms with van der Waals surface area (Å²) in [7, 11) is 0. The van der Waals surface area contributed by atoms with Crippen LogP contribution in [0.25, 0.3) is 0 Å². The van der Waals surface area contributed by atoms with Crippen molar-refractivity contribution in [3.05, 3.63) is 35.9 Å². The summed E-state index contributed by atoms with van der Waals surface area (Å²) in [5.41, 5.74) is 1.15. The highest BCUT2D eigenvalue weighted by Gasteiger charge is 2.35. The molecule has 170 valence electrons. The first-order valence-electron chi connectivity index (χ1n) is 11.7. The van der Waals surface area contributed by atoms with Crippen LogP contribution in [-0.4, -0.2) is 84.8 Å². The molecule has 2 aliphatic heterocycles. The zero-order valence-electron chi connectivity index (χ0n) is 18.6. The molecule has 3 aliphatic rings. The van der Waals surface area contributed by atoms with Crippen molar-refractivity contribution >= 4 is 12.0 Å². The smallest absolute Gasteiger partial charge is 0.409 e. The van der Waals surface area contributed by atoms with E-state index in [1.54, 1.807) is 4.90 Å². The average Bonchev–Trinajstić information content (AvgIpc) is 3.62. The highest BCUT2D eigenvalue weighted by molar-refractivity contribution is 5.78. The maximum Gasteiger partial charge on any atom is 0.409 e. The van der Waals surface area contributed by atoms with Crippen LogP contribution in [0.15, 0.2) is 30.3 Å². The Kier molecular flexibility index (Phi) is 7.45. The lowest BCUT2D eigenvalue weighted by molar-refractivity contribution is -0.132. The largest absolute Gasteiger partial charge is 0.450 e. The van der Waals surface area contributed by atoms with E-state index in [0.29, 0.717) is 51.3 Å². The fourth-order valence-corrected chi connectivity index (χ4v) is 4.53. The maximum absolute atomic E-state index is 13.2. The first-order chi connectivity index (χ1) is 15.1. The van der Waals surface area contributed by atoms with Gasteiger partial charge in [-0.3, -0.25) is 9.69 Å². The van der Waals surface area contributed by atoms with Gasteiger partial charge in [-0.05, 0) is 44.1 Å². The molecule has 7 heteroatoms. The minimum atomic E-state index is -0.229. The number of piperidine rings is 1. The molecule has 2 heterocycles. The lowest BCUT2D eigenvalue weighted by atomic mass is 10.0. The van der Waals surface area contributed by atoms with Crippen LogP contribution < -0.4 is 0 Å². The molecule has 1 aliphatic carbocycles. The molecule has 3 fully saturated rings. The van der Waals surface area contributed by atoms with Crippen molar-refractivity contribution in [3.8, 4) is 0 Å². The zero-order valence-corrected chi connectivity index (χ0v) is 18.6. The van der Waals surface area contributed by atoms with Gasteiger partial charge in [0.05, 0.1) is 19.3 Å². The van der Waals surface area contributed by atoms with E-state index in [1.165, 1.54) is 12.8 Å². The lowest BCUT2D eigenvalue weighted by Gasteiger charge is -2.38. The molecule has 31 heavy (non-hydrogen) atoms.